The molecule has 0 saturated carbocycles. The molecule has 1 saturated heterocycles. The highest BCUT2D eigenvalue weighted by Gasteiger charge is 2.26. The summed E-state index contributed by atoms with van der Waals surface area (Å²) in [5, 5.41) is 1.54. The standard InChI is InChI=1S/C30H29N7O3/c1-3-4-16-36-25-27(33-29(36)35-15-9-10-19(31)17-35)34(2)30(40)37(28(25)39)18-24-20-11-5-6-12-21(20)26(38)22-13-7-8-14-23(22)32-24/h5-8,11-14,19H,9-10,15-18,31H2,1-2H3. The first-order valence-corrected chi connectivity index (χ1v) is 13.3. The summed E-state index contributed by atoms with van der Waals surface area (Å²) in [6.07, 6.45) is 1.83. The fraction of sp³-hybridized carbons (Fsp3) is 0.300. The van der Waals surface area contributed by atoms with Crippen molar-refractivity contribution >= 4 is 38.8 Å². The molecule has 2 N–H and O–H groups in total. The van der Waals surface area contributed by atoms with Crippen LogP contribution in [0.5, 0.6) is 0 Å². The van der Waals surface area contributed by atoms with Crippen molar-refractivity contribution in [2.45, 2.75) is 38.9 Å². The van der Waals surface area contributed by atoms with Crippen LogP contribution in [0.1, 0.15) is 25.5 Å². The lowest BCUT2D eigenvalue weighted by Gasteiger charge is -2.31. The van der Waals surface area contributed by atoms with E-state index >= 15 is 0 Å². The number of nitrogens with zero attached hydrogens (tertiary/aromatic N) is 6. The van der Waals surface area contributed by atoms with E-state index in [1.807, 2.05) is 12.1 Å². The van der Waals surface area contributed by atoms with Crippen LogP contribution >= 0.6 is 0 Å². The molecule has 0 aliphatic carbocycles. The molecule has 10 nitrogen and oxygen atoms in total. The van der Waals surface area contributed by atoms with Crippen molar-refractivity contribution in [3.63, 3.8) is 0 Å². The first-order valence-electron chi connectivity index (χ1n) is 13.3. The Kier molecular flexibility index (Phi) is 6.44. The molecular weight excluding hydrogens is 506 g/mol. The highest BCUT2D eigenvalue weighted by Crippen LogP contribution is 2.23. The maximum Gasteiger partial charge on any atom is 0.332 e. The molecule has 2 aromatic carbocycles. The Morgan fingerprint density at radius 2 is 1.70 bits per heavy atom. The average molecular weight is 536 g/mol. The molecule has 0 radical (unpaired) electrons. The van der Waals surface area contributed by atoms with Gasteiger partial charge < -0.3 is 10.6 Å². The molecule has 4 heterocycles. The first-order chi connectivity index (χ1) is 19.4. The van der Waals surface area contributed by atoms with Gasteiger partial charge in [-0.2, -0.15) is 4.98 Å². The van der Waals surface area contributed by atoms with Crippen LogP contribution in [0, 0.1) is 11.8 Å². The molecule has 6 rings (SSSR count). The minimum atomic E-state index is -0.519. The number of para-hydroxylation sites is 1. The SMILES string of the molecule is CC#CCn1c(N2CCCC(N)C2)nc2c1c(=O)n(Cc1nc3ccccc3c(=O)c3ccccc13)c(=O)n2C. The van der Waals surface area contributed by atoms with Crippen LogP contribution in [0.4, 0.5) is 5.95 Å². The molecule has 0 bridgehead atoms. The van der Waals surface area contributed by atoms with Gasteiger partial charge >= 0.3 is 5.69 Å². The summed E-state index contributed by atoms with van der Waals surface area (Å²) in [5.74, 6) is 6.53. The Morgan fingerprint density at radius 3 is 2.45 bits per heavy atom. The summed E-state index contributed by atoms with van der Waals surface area (Å²) < 4.78 is 4.34. The van der Waals surface area contributed by atoms with Crippen LogP contribution in [0.3, 0.4) is 0 Å². The maximum absolute atomic E-state index is 14.1. The molecule has 0 spiro atoms. The van der Waals surface area contributed by atoms with Crippen LogP contribution in [0.2, 0.25) is 0 Å². The number of aromatic nitrogens is 5. The summed E-state index contributed by atoms with van der Waals surface area (Å²) in [4.78, 5) is 52.7. The van der Waals surface area contributed by atoms with E-state index in [-0.39, 0.29) is 30.1 Å². The van der Waals surface area contributed by atoms with E-state index in [1.165, 1.54) is 9.13 Å². The second kappa shape index (κ2) is 10.1. The topological polar surface area (TPSA) is 121 Å². The number of aryl methyl sites for hydroxylation is 1. The Balaban J connectivity index is 1.61. The monoisotopic (exact) mass is 535 g/mol. The fourth-order valence-electron chi connectivity index (χ4n) is 5.56. The van der Waals surface area contributed by atoms with E-state index in [0.717, 1.165) is 19.4 Å². The van der Waals surface area contributed by atoms with Crippen molar-refractivity contribution in [2.24, 2.45) is 12.8 Å². The van der Waals surface area contributed by atoms with Gasteiger partial charge in [0.05, 0.1) is 24.3 Å². The molecule has 1 aliphatic rings. The van der Waals surface area contributed by atoms with Gasteiger partial charge in [0.15, 0.2) is 16.6 Å². The van der Waals surface area contributed by atoms with Crippen molar-refractivity contribution in [1.29, 1.82) is 0 Å². The molecule has 3 aromatic heterocycles. The van der Waals surface area contributed by atoms with E-state index in [4.69, 9.17) is 15.7 Å². The summed E-state index contributed by atoms with van der Waals surface area (Å²) in [6, 6.07) is 14.2. The highest BCUT2D eigenvalue weighted by molar-refractivity contribution is 5.92. The van der Waals surface area contributed by atoms with Crippen molar-refractivity contribution < 1.29 is 0 Å². The van der Waals surface area contributed by atoms with E-state index in [2.05, 4.69) is 16.7 Å². The number of hydrogen-bond acceptors (Lipinski definition) is 7. The Bertz CT molecular complexity index is 2050. The Labute approximate surface area is 229 Å². The quantitative estimate of drug-likeness (QED) is 0.349. The van der Waals surface area contributed by atoms with Gasteiger partial charge in [-0.05, 0) is 31.9 Å². The van der Waals surface area contributed by atoms with Gasteiger partial charge in [-0.25, -0.2) is 4.79 Å². The molecule has 1 unspecified atom stereocenters. The van der Waals surface area contributed by atoms with E-state index in [0.29, 0.717) is 45.5 Å². The second-order valence-electron chi connectivity index (χ2n) is 10.1. The number of piperidine rings is 1. The lowest BCUT2D eigenvalue weighted by Crippen LogP contribution is -2.44. The highest BCUT2D eigenvalue weighted by atomic mass is 16.2. The van der Waals surface area contributed by atoms with Crippen molar-refractivity contribution in [2.75, 3.05) is 18.0 Å². The smallest absolute Gasteiger partial charge is 0.332 e. The van der Waals surface area contributed by atoms with Gasteiger partial charge in [-0.15, -0.1) is 5.92 Å². The predicted octanol–water partition coefficient (Wildman–Crippen LogP) is 1.96. The van der Waals surface area contributed by atoms with Crippen LogP contribution in [-0.4, -0.2) is 42.8 Å². The van der Waals surface area contributed by atoms with E-state index < -0.39 is 11.2 Å². The predicted molar refractivity (Wildman–Crippen MR) is 157 cm³/mol. The number of nitrogens with two attached hydrogens (primary N) is 1. The zero-order chi connectivity index (χ0) is 28.0. The fourth-order valence-corrected chi connectivity index (χ4v) is 5.56. The molecule has 202 valence electrons. The van der Waals surface area contributed by atoms with Crippen molar-refractivity contribution in [1.82, 2.24) is 23.7 Å². The second-order valence-corrected chi connectivity index (χ2v) is 10.1. The van der Waals surface area contributed by atoms with Crippen LogP contribution in [-0.2, 0) is 20.1 Å². The van der Waals surface area contributed by atoms with Gasteiger partial charge in [0, 0.05) is 42.3 Å². The molecule has 1 aliphatic heterocycles. The molecule has 40 heavy (non-hydrogen) atoms. The lowest BCUT2D eigenvalue weighted by atomic mass is 10.1. The third-order valence-corrected chi connectivity index (χ3v) is 7.56. The molecule has 1 atom stereocenters. The number of hydrogen-bond donors (Lipinski definition) is 1. The van der Waals surface area contributed by atoms with Gasteiger partial charge in [0.1, 0.15) is 0 Å². The number of rotatable bonds is 4. The number of imidazole rings is 1. The number of anilines is 1. The van der Waals surface area contributed by atoms with Crippen molar-refractivity contribution in [3.8, 4) is 11.8 Å². The summed E-state index contributed by atoms with van der Waals surface area (Å²) in [7, 11) is 1.61. The third kappa shape index (κ3) is 4.15. The Morgan fingerprint density at radius 1 is 0.975 bits per heavy atom. The van der Waals surface area contributed by atoms with Crippen LogP contribution < -0.4 is 27.3 Å². The van der Waals surface area contributed by atoms with Crippen LogP contribution in [0.15, 0.2) is 62.9 Å². The zero-order valence-corrected chi connectivity index (χ0v) is 22.4. The van der Waals surface area contributed by atoms with Gasteiger partial charge in [-0.1, -0.05) is 42.3 Å². The molecule has 10 heteroatoms. The molecule has 1 fully saturated rings. The first kappa shape index (κ1) is 25.5. The minimum Gasteiger partial charge on any atom is -0.341 e. The average Bonchev–Trinajstić information content (AvgIpc) is 3.31. The lowest BCUT2D eigenvalue weighted by molar-refractivity contribution is 0.496. The normalized spacial score (nSPS) is 15.5. The molecule has 5 aromatic rings. The number of fused-ring (bicyclic) bond motifs is 3. The molecule has 0 amide bonds. The van der Waals surface area contributed by atoms with E-state index in [9.17, 15) is 14.4 Å². The maximum atomic E-state index is 14.1. The van der Waals surface area contributed by atoms with Gasteiger partial charge in [-0.3, -0.25) is 28.3 Å². The number of benzene rings is 2. The zero-order valence-electron chi connectivity index (χ0n) is 22.4. The van der Waals surface area contributed by atoms with Gasteiger partial charge in [0.2, 0.25) is 5.95 Å². The Hall–Kier alpha value is -4.75. The third-order valence-electron chi connectivity index (χ3n) is 7.56. The summed E-state index contributed by atoms with van der Waals surface area (Å²) in [5.41, 5.74) is 6.63. The van der Waals surface area contributed by atoms with Crippen LogP contribution in [0.25, 0.3) is 32.8 Å². The van der Waals surface area contributed by atoms with E-state index in [1.54, 1.807) is 54.9 Å². The van der Waals surface area contributed by atoms with Gasteiger partial charge in [0.25, 0.3) is 5.56 Å². The molecular formula is C30H29N7O3. The summed E-state index contributed by atoms with van der Waals surface area (Å²) >= 11 is 0. The largest absolute Gasteiger partial charge is 0.341 e. The summed E-state index contributed by atoms with van der Waals surface area (Å²) in [6.45, 7) is 3.22. The minimum absolute atomic E-state index is 0.00125. The van der Waals surface area contributed by atoms with Crippen molar-refractivity contribution in [3.05, 3.63) is 85.3 Å².